The monoisotopic (exact) mass is 344 g/mol. The molecule has 1 aromatic carbocycles. The number of carbonyl (C=O) groups excluding carboxylic acids is 2. The first-order valence-corrected chi connectivity index (χ1v) is 9.09. The van der Waals surface area contributed by atoms with Crippen LogP contribution < -0.4 is 10.2 Å². The number of amides is 2. The van der Waals surface area contributed by atoms with Gasteiger partial charge in [0.1, 0.15) is 0 Å². The van der Waals surface area contributed by atoms with E-state index in [4.69, 9.17) is 0 Å². The molecule has 0 saturated carbocycles. The van der Waals surface area contributed by atoms with Gasteiger partial charge in [0.15, 0.2) is 0 Å². The molecule has 2 amide bonds. The van der Waals surface area contributed by atoms with Crippen molar-refractivity contribution in [1.82, 2.24) is 15.1 Å². The second-order valence-electron chi connectivity index (χ2n) is 7.03. The minimum Gasteiger partial charge on any atom is -0.370 e. The van der Waals surface area contributed by atoms with Gasteiger partial charge >= 0.3 is 0 Å². The Morgan fingerprint density at radius 3 is 2.76 bits per heavy atom. The van der Waals surface area contributed by atoms with Gasteiger partial charge in [-0.3, -0.25) is 9.59 Å². The Labute approximate surface area is 149 Å². The topological polar surface area (TPSA) is 55.9 Å². The number of nitrogens with zero attached hydrogens (tertiary/aromatic N) is 3. The van der Waals surface area contributed by atoms with E-state index in [1.165, 1.54) is 11.3 Å². The Bertz CT molecular complexity index is 634. The molecule has 3 rings (SSSR count). The Hall–Kier alpha value is -2.08. The van der Waals surface area contributed by atoms with Crippen molar-refractivity contribution in [2.45, 2.75) is 12.8 Å². The van der Waals surface area contributed by atoms with Crippen LogP contribution in [0.25, 0.3) is 0 Å². The summed E-state index contributed by atoms with van der Waals surface area (Å²) < 4.78 is 0. The van der Waals surface area contributed by atoms with Gasteiger partial charge in [0, 0.05) is 58.4 Å². The molecule has 1 saturated heterocycles. The fourth-order valence-corrected chi connectivity index (χ4v) is 3.80. The Balaban J connectivity index is 1.58. The summed E-state index contributed by atoms with van der Waals surface area (Å²) >= 11 is 0. The highest BCUT2D eigenvalue weighted by molar-refractivity contribution is 5.81. The van der Waals surface area contributed by atoms with Gasteiger partial charge in [0.05, 0.1) is 5.92 Å². The minimum atomic E-state index is -0.158. The van der Waals surface area contributed by atoms with Crippen LogP contribution in [0.3, 0.4) is 0 Å². The normalized spacial score (nSPS) is 21.0. The number of anilines is 1. The van der Waals surface area contributed by atoms with Gasteiger partial charge in [0.2, 0.25) is 11.8 Å². The molecule has 136 valence electrons. The van der Waals surface area contributed by atoms with Gasteiger partial charge in [-0.2, -0.15) is 0 Å². The lowest BCUT2D eigenvalue weighted by Gasteiger charge is -2.25. The molecule has 2 aliphatic rings. The van der Waals surface area contributed by atoms with Crippen molar-refractivity contribution in [3.05, 3.63) is 29.8 Å². The van der Waals surface area contributed by atoms with E-state index in [2.05, 4.69) is 39.4 Å². The zero-order valence-corrected chi connectivity index (χ0v) is 15.2. The number of hydrogen-bond donors (Lipinski definition) is 1. The smallest absolute Gasteiger partial charge is 0.225 e. The summed E-state index contributed by atoms with van der Waals surface area (Å²) in [6.07, 6.45) is 1.55. The van der Waals surface area contributed by atoms with E-state index in [-0.39, 0.29) is 17.7 Å². The molecule has 1 aromatic rings. The third-order valence-electron chi connectivity index (χ3n) is 5.27. The maximum atomic E-state index is 12.7. The lowest BCUT2D eigenvalue weighted by Crippen LogP contribution is -2.42. The Morgan fingerprint density at radius 1 is 1.16 bits per heavy atom. The molecule has 1 N–H and O–H groups in total. The first kappa shape index (κ1) is 17.7. The first-order chi connectivity index (χ1) is 12.1. The largest absolute Gasteiger partial charge is 0.370 e. The van der Waals surface area contributed by atoms with Gasteiger partial charge in [0.25, 0.3) is 0 Å². The summed E-state index contributed by atoms with van der Waals surface area (Å²) in [6, 6.07) is 8.42. The second kappa shape index (κ2) is 7.87. The number of likely N-dealkylation sites (N-methyl/N-ethyl adjacent to an activating group) is 1. The van der Waals surface area contributed by atoms with E-state index in [1.807, 2.05) is 11.9 Å². The van der Waals surface area contributed by atoms with Gasteiger partial charge in [-0.15, -0.1) is 0 Å². The third kappa shape index (κ3) is 4.12. The quantitative estimate of drug-likeness (QED) is 0.868. The van der Waals surface area contributed by atoms with Crippen LogP contribution in [-0.4, -0.2) is 75.0 Å². The van der Waals surface area contributed by atoms with Crippen LogP contribution in [0.1, 0.15) is 12.0 Å². The lowest BCUT2D eigenvalue weighted by molar-refractivity contribution is -0.132. The van der Waals surface area contributed by atoms with E-state index in [9.17, 15) is 9.59 Å². The van der Waals surface area contributed by atoms with Crippen LogP contribution in [0.5, 0.6) is 0 Å². The molecule has 0 bridgehead atoms. The van der Waals surface area contributed by atoms with Crippen molar-refractivity contribution >= 4 is 17.5 Å². The van der Waals surface area contributed by atoms with E-state index >= 15 is 0 Å². The molecular weight excluding hydrogens is 316 g/mol. The highest BCUT2D eigenvalue weighted by Crippen LogP contribution is 2.27. The summed E-state index contributed by atoms with van der Waals surface area (Å²) in [5.74, 6) is 0.00238. The van der Waals surface area contributed by atoms with Gasteiger partial charge in [-0.25, -0.2) is 0 Å². The molecule has 2 aliphatic heterocycles. The highest BCUT2D eigenvalue weighted by atomic mass is 16.2. The van der Waals surface area contributed by atoms with Crippen molar-refractivity contribution in [2.75, 3.05) is 58.3 Å². The van der Waals surface area contributed by atoms with Gasteiger partial charge in [-0.05, 0) is 25.1 Å². The fourth-order valence-electron chi connectivity index (χ4n) is 3.80. The SMILES string of the molecule is CNC(=O)[C@@H]1CN(C)CCN(C(=O)CCN2CCc3ccccc32)C1. The molecule has 25 heavy (non-hydrogen) atoms. The molecule has 6 nitrogen and oxygen atoms in total. The average molecular weight is 344 g/mol. The zero-order valence-electron chi connectivity index (χ0n) is 15.2. The van der Waals surface area contributed by atoms with Crippen LogP contribution in [0.2, 0.25) is 0 Å². The highest BCUT2D eigenvalue weighted by Gasteiger charge is 2.28. The number of rotatable bonds is 4. The van der Waals surface area contributed by atoms with E-state index in [0.29, 0.717) is 26.1 Å². The number of nitrogens with one attached hydrogen (secondary N) is 1. The number of para-hydroxylation sites is 1. The Kier molecular flexibility index (Phi) is 5.58. The second-order valence-corrected chi connectivity index (χ2v) is 7.03. The summed E-state index contributed by atoms with van der Waals surface area (Å²) in [7, 11) is 3.66. The van der Waals surface area contributed by atoms with E-state index < -0.39 is 0 Å². The molecule has 6 heteroatoms. The van der Waals surface area contributed by atoms with Crippen LogP contribution in [0.15, 0.2) is 24.3 Å². The first-order valence-electron chi connectivity index (χ1n) is 9.09. The standard InChI is InChI=1S/C19H28N4O2/c1-20-19(25)16-13-21(2)11-12-23(14-16)18(24)8-10-22-9-7-15-5-3-4-6-17(15)22/h3-6,16H,7-14H2,1-2H3,(H,20,25)/t16-/m1/s1. The molecule has 0 spiro atoms. The number of hydrogen-bond acceptors (Lipinski definition) is 4. The van der Waals surface area contributed by atoms with Crippen molar-refractivity contribution in [2.24, 2.45) is 5.92 Å². The van der Waals surface area contributed by atoms with Crippen LogP contribution in [0, 0.1) is 5.92 Å². The van der Waals surface area contributed by atoms with Crippen LogP contribution in [0.4, 0.5) is 5.69 Å². The summed E-state index contributed by atoms with van der Waals surface area (Å²) in [6.45, 7) is 4.44. The zero-order chi connectivity index (χ0) is 17.8. The van der Waals surface area contributed by atoms with E-state index in [1.54, 1.807) is 7.05 Å². The maximum absolute atomic E-state index is 12.7. The molecular formula is C19H28N4O2. The van der Waals surface area contributed by atoms with Crippen molar-refractivity contribution in [3.63, 3.8) is 0 Å². The van der Waals surface area contributed by atoms with Crippen molar-refractivity contribution < 1.29 is 9.59 Å². The predicted octanol–water partition coefficient (Wildman–Crippen LogP) is 0.575. The molecule has 0 unspecified atom stereocenters. The molecule has 0 aliphatic carbocycles. The Morgan fingerprint density at radius 2 is 1.96 bits per heavy atom. The van der Waals surface area contributed by atoms with E-state index in [0.717, 1.165) is 26.1 Å². The number of fused-ring (bicyclic) bond motifs is 1. The summed E-state index contributed by atoms with van der Waals surface area (Å²) in [4.78, 5) is 31.1. The maximum Gasteiger partial charge on any atom is 0.225 e. The number of benzene rings is 1. The molecule has 1 atom stereocenters. The van der Waals surface area contributed by atoms with Crippen LogP contribution in [-0.2, 0) is 16.0 Å². The minimum absolute atomic E-state index is 0.0139. The molecule has 2 heterocycles. The fraction of sp³-hybridized carbons (Fsp3) is 0.579. The molecule has 0 radical (unpaired) electrons. The van der Waals surface area contributed by atoms with Gasteiger partial charge in [-0.1, -0.05) is 18.2 Å². The molecule has 0 aromatic heterocycles. The third-order valence-corrected chi connectivity index (χ3v) is 5.27. The van der Waals surface area contributed by atoms with Crippen molar-refractivity contribution in [1.29, 1.82) is 0 Å². The molecule has 1 fully saturated rings. The summed E-state index contributed by atoms with van der Waals surface area (Å²) in [5.41, 5.74) is 2.63. The lowest BCUT2D eigenvalue weighted by atomic mass is 10.1. The van der Waals surface area contributed by atoms with Crippen LogP contribution >= 0.6 is 0 Å². The van der Waals surface area contributed by atoms with Crippen molar-refractivity contribution in [3.8, 4) is 0 Å². The van der Waals surface area contributed by atoms with Gasteiger partial charge < -0.3 is 20.0 Å². The number of carbonyl (C=O) groups is 2. The summed E-state index contributed by atoms with van der Waals surface area (Å²) in [5, 5.41) is 2.72. The average Bonchev–Trinajstić information content (AvgIpc) is 2.93. The predicted molar refractivity (Wildman–Crippen MR) is 98.6 cm³/mol.